The molecule has 2 aromatic rings. The maximum Gasteiger partial charge on any atom is 0.251 e. The third-order valence-corrected chi connectivity index (χ3v) is 6.64. The van der Waals surface area contributed by atoms with Crippen LogP contribution in [0.5, 0.6) is 0 Å². The number of amidine groups is 1. The molecule has 1 saturated heterocycles. The van der Waals surface area contributed by atoms with Crippen LogP contribution in [0.3, 0.4) is 0 Å². The van der Waals surface area contributed by atoms with Crippen LogP contribution in [0, 0.1) is 0 Å². The van der Waals surface area contributed by atoms with E-state index in [4.69, 9.17) is 0 Å². The molecule has 27 heavy (non-hydrogen) atoms. The molecule has 2 aromatic carbocycles. The van der Waals surface area contributed by atoms with Gasteiger partial charge in [-0.05, 0) is 24.0 Å². The second kappa shape index (κ2) is 8.80. The van der Waals surface area contributed by atoms with Crippen molar-refractivity contribution < 1.29 is 12.6 Å². The van der Waals surface area contributed by atoms with Gasteiger partial charge in [-0.15, -0.1) is 4.40 Å². The Hall–Kier alpha value is -1.99. The van der Waals surface area contributed by atoms with E-state index in [0.29, 0.717) is 5.84 Å². The van der Waals surface area contributed by atoms with Gasteiger partial charge in [0.15, 0.2) is 0 Å². The molecular weight excluding hydrogens is 380 g/mol. The smallest absolute Gasteiger partial charge is 0.251 e. The lowest BCUT2D eigenvalue weighted by molar-refractivity contribution is 0.516. The third-order valence-electron chi connectivity index (χ3n) is 4.48. The van der Waals surface area contributed by atoms with E-state index < -0.39 is 20.8 Å². The Morgan fingerprint density at radius 3 is 1.93 bits per heavy atom. The minimum Gasteiger partial charge on any atom is -0.359 e. The Kier molecular flexibility index (Phi) is 6.44. The summed E-state index contributed by atoms with van der Waals surface area (Å²) in [7, 11) is -4.91. The van der Waals surface area contributed by atoms with E-state index in [0.717, 1.165) is 43.3 Å². The van der Waals surface area contributed by atoms with E-state index in [2.05, 4.69) is 4.40 Å². The summed E-state index contributed by atoms with van der Waals surface area (Å²) in [6, 6.07) is 19.4. The van der Waals surface area contributed by atoms with Crippen LogP contribution < -0.4 is 0 Å². The lowest BCUT2D eigenvalue weighted by Crippen LogP contribution is -2.34. The molecular formula is C20H24N2O3S2. The summed E-state index contributed by atoms with van der Waals surface area (Å²) in [4.78, 5) is 1.95. The second-order valence-electron chi connectivity index (χ2n) is 6.66. The summed E-state index contributed by atoms with van der Waals surface area (Å²) in [6.45, 7) is 1.51. The molecule has 0 amide bonds. The summed E-state index contributed by atoms with van der Waals surface area (Å²) in [5.41, 5.74) is 1.89. The molecule has 144 valence electrons. The molecule has 0 aromatic heterocycles. The van der Waals surface area contributed by atoms with Gasteiger partial charge in [-0.25, -0.2) is 8.42 Å². The highest BCUT2D eigenvalue weighted by Crippen LogP contribution is 2.29. The van der Waals surface area contributed by atoms with Crippen LogP contribution in [0.25, 0.3) is 0 Å². The molecule has 0 spiro atoms. The van der Waals surface area contributed by atoms with E-state index in [1.807, 2.05) is 65.6 Å². The van der Waals surface area contributed by atoms with E-state index in [1.54, 1.807) is 0 Å². The number of nitrogens with zero attached hydrogens (tertiary/aromatic N) is 2. The lowest BCUT2D eigenvalue weighted by atomic mass is 10.0. The first-order valence-corrected chi connectivity index (χ1v) is 12.2. The van der Waals surface area contributed by atoms with Crippen LogP contribution in [0.2, 0.25) is 0 Å². The van der Waals surface area contributed by atoms with E-state index in [-0.39, 0.29) is 11.0 Å². The topological polar surface area (TPSA) is 66.8 Å². The minimum atomic E-state index is -3.55. The van der Waals surface area contributed by atoms with Gasteiger partial charge in [0.2, 0.25) is 0 Å². The van der Waals surface area contributed by atoms with Gasteiger partial charge in [-0.3, -0.25) is 4.21 Å². The first-order valence-electron chi connectivity index (χ1n) is 8.95. The molecule has 0 N–H and O–H groups in total. The fraction of sp³-hybridized carbons (Fsp3) is 0.350. The molecule has 1 aliphatic heterocycles. The highest BCUT2D eigenvalue weighted by Gasteiger charge is 2.26. The Labute approximate surface area is 163 Å². The highest BCUT2D eigenvalue weighted by atomic mass is 32.2. The first-order chi connectivity index (χ1) is 12.9. The number of hydrogen-bond donors (Lipinski definition) is 0. The lowest BCUT2D eigenvalue weighted by Gasteiger charge is -2.23. The van der Waals surface area contributed by atoms with Crippen molar-refractivity contribution in [1.29, 1.82) is 0 Å². The van der Waals surface area contributed by atoms with Crippen molar-refractivity contribution >= 4 is 26.7 Å². The van der Waals surface area contributed by atoms with E-state index in [1.165, 1.54) is 0 Å². The van der Waals surface area contributed by atoms with Crippen LogP contribution in [0.1, 0.15) is 29.2 Å². The molecule has 1 unspecified atom stereocenters. The molecule has 1 fully saturated rings. The van der Waals surface area contributed by atoms with Crippen LogP contribution in [-0.2, 0) is 20.8 Å². The average Bonchev–Trinajstić information content (AvgIpc) is 3.17. The first kappa shape index (κ1) is 19.8. The summed E-state index contributed by atoms with van der Waals surface area (Å²) < 4.78 is 40.9. The Morgan fingerprint density at radius 2 is 1.48 bits per heavy atom. The number of likely N-dealkylation sites (tertiary alicyclic amines) is 1. The maximum absolute atomic E-state index is 13.4. The molecule has 5 nitrogen and oxygen atoms in total. The predicted molar refractivity (Wildman–Crippen MR) is 111 cm³/mol. The second-order valence-corrected chi connectivity index (χ2v) is 9.83. The molecule has 0 radical (unpaired) electrons. The molecule has 0 bridgehead atoms. The molecule has 0 saturated carbocycles. The van der Waals surface area contributed by atoms with Crippen molar-refractivity contribution in [3.8, 4) is 0 Å². The predicted octanol–water partition coefficient (Wildman–Crippen LogP) is 2.98. The Bertz CT molecular complexity index is 867. The maximum atomic E-state index is 13.4. The summed E-state index contributed by atoms with van der Waals surface area (Å²) in [5, 5.41) is -0.334. The third kappa shape index (κ3) is 5.49. The largest absolute Gasteiger partial charge is 0.359 e. The molecule has 0 aliphatic carbocycles. The van der Waals surface area contributed by atoms with Gasteiger partial charge in [-0.2, -0.15) is 0 Å². The Balaban J connectivity index is 1.94. The molecule has 1 atom stereocenters. The van der Waals surface area contributed by atoms with Crippen molar-refractivity contribution in [2.24, 2.45) is 4.40 Å². The van der Waals surface area contributed by atoms with Crippen LogP contribution in [0.4, 0.5) is 0 Å². The number of hydrogen-bond acceptors (Lipinski definition) is 3. The van der Waals surface area contributed by atoms with Gasteiger partial charge in [0.1, 0.15) is 5.84 Å². The van der Waals surface area contributed by atoms with E-state index >= 15 is 0 Å². The van der Waals surface area contributed by atoms with Crippen LogP contribution >= 0.6 is 0 Å². The number of sulfonamides is 1. The Morgan fingerprint density at radius 1 is 1.00 bits per heavy atom. The van der Waals surface area contributed by atoms with Crippen LogP contribution in [-0.4, -0.2) is 48.5 Å². The van der Waals surface area contributed by atoms with E-state index in [9.17, 15) is 12.6 Å². The van der Waals surface area contributed by atoms with Gasteiger partial charge in [0.25, 0.3) is 10.0 Å². The van der Waals surface area contributed by atoms with Crippen molar-refractivity contribution in [2.75, 3.05) is 25.1 Å². The summed E-state index contributed by atoms with van der Waals surface area (Å²) in [5.74, 6) is 0.520. The molecule has 1 aliphatic rings. The minimum absolute atomic E-state index is 0.113. The normalized spacial score (nSPS) is 16.7. The quantitative estimate of drug-likeness (QED) is 0.548. The van der Waals surface area contributed by atoms with Gasteiger partial charge in [0.05, 0.1) is 17.3 Å². The van der Waals surface area contributed by atoms with Crippen molar-refractivity contribution in [1.82, 2.24) is 4.90 Å². The zero-order valence-corrected chi connectivity index (χ0v) is 17.0. The molecule has 7 heteroatoms. The summed E-state index contributed by atoms with van der Waals surface area (Å²) in [6.07, 6.45) is 3.07. The summed E-state index contributed by atoms with van der Waals surface area (Å²) >= 11 is 0. The van der Waals surface area contributed by atoms with Gasteiger partial charge in [0, 0.05) is 23.9 Å². The monoisotopic (exact) mass is 404 g/mol. The van der Waals surface area contributed by atoms with Crippen molar-refractivity contribution in [3.05, 3.63) is 71.8 Å². The highest BCUT2D eigenvalue weighted by molar-refractivity contribution is 7.89. The van der Waals surface area contributed by atoms with Gasteiger partial charge >= 0.3 is 0 Å². The molecule has 3 rings (SSSR count). The van der Waals surface area contributed by atoms with Gasteiger partial charge < -0.3 is 4.90 Å². The average molecular weight is 405 g/mol. The molecule has 1 heterocycles. The number of benzene rings is 2. The van der Waals surface area contributed by atoms with Crippen molar-refractivity contribution in [2.45, 2.75) is 18.1 Å². The number of rotatable bonds is 6. The zero-order chi connectivity index (χ0) is 19.3. The standard InChI is InChI=1S/C20H24N2O3S2/c1-27(24,25)21-19(22-14-8-9-15-22)16-26(23)20(17-10-4-2-5-11-17)18-12-6-3-7-13-18/h2-7,10-13,20H,8-9,14-16H2,1H3/b21-19-. The fourth-order valence-electron chi connectivity index (χ4n) is 3.30. The SMILES string of the molecule is CS(=O)(=O)/N=C(/CS(=O)C(c1ccccc1)c1ccccc1)N1CCCC1. The van der Waals surface area contributed by atoms with Gasteiger partial charge in [-0.1, -0.05) is 60.7 Å². The fourth-order valence-corrected chi connectivity index (χ4v) is 5.54. The van der Waals surface area contributed by atoms with Crippen molar-refractivity contribution in [3.63, 3.8) is 0 Å². The zero-order valence-electron chi connectivity index (χ0n) is 15.3. The van der Waals surface area contributed by atoms with Crippen LogP contribution in [0.15, 0.2) is 65.1 Å².